The lowest BCUT2D eigenvalue weighted by Crippen LogP contribution is -2.38. The number of amidine groups is 1. The monoisotopic (exact) mass is 308 g/mol. The van der Waals surface area contributed by atoms with E-state index in [-0.39, 0.29) is 29.2 Å². The van der Waals surface area contributed by atoms with Gasteiger partial charge in [0.2, 0.25) is 5.91 Å². The molecule has 1 saturated heterocycles. The number of aliphatic imine (C=N–C) groups is 1. The number of hydrogen-bond acceptors (Lipinski definition) is 5. The number of benzene rings is 1. The van der Waals surface area contributed by atoms with Gasteiger partial charge in [-0.05, 0) is 25.1 Å². The van der Waals surface area contributed by atoms with Gasteiger partial charge >= 0.3 is 0 Å². The van der Waals surface area contributed by atoms with E-state index in [2.05, 4.69) is 20.3 Å². The zero-order valence-corrected chi connectivity index (χ0v) is 12.1. The number of sulfonamides is 1. The Kier molecular flexibility index (Phi) is 3.64. The number of nitrogens with zero attached hydrogens (tertiary/aromatic N) is 1. The molecule has 3 N–H and O–H groups in total. The topological polar surface area (TPSA) is 99.7 Å². The van der Waals surface area contributed by atoms with Crippen molar-refractivity contribution in [2.75, 3.05) is 19.6 Å². The van der Waals surface area contributed by atoms with E-state index in [1.165, 1.54) is 6.07 Å². The summed E-state index contributed by atoms with van der Waals surface area (Å²) in [6, 6.07) is 6.71. The van der Waals surface area contributed by atoms with Crippen molar-refractivity contribution in [3.8, 4) is 0 Å². The normalized spacial score (nSPS) is 24.6. The van der Waals surface area contributed by atoms with Crippen LogP contribution in [0.5, 0.6) is 0 Å². The third-order valence-corrected chi connectivity index (χ3v) is 4.87. The molecule has 1 atom stereocenters. The van der Waals surface area contributed by atoms with Crippen LogP contribution in [0.25, 0.3) is 0 Å². The highest BCUT2D eigenvalue weighted by Crippen LogP contribution is 2.21. The molecule has 2 heterocycles. The average Bonchev–Trinajstić information content (AvgIpc) is 3.04. The predicted octanol–water partition coefficient (Wildman–Crippen LogP) is -0.797. The van der Waals surface area contributed by atoms with E-state index in [4.69, 9.17) is 0 Å². The highest BCUT2D eigenvalue weighted by Gasteiger charge is 2.30. The summed E-state index contributed by atoms with van der Waals surface area (Å²) < 4.78 is 26.1. The Hall–Kier alpha value is -1.93. The molecule has 112 valence electrons. The van der Waals surface area contributed by atoms with Crippen LogP contribution < -0.4 is 15.4 Å². The van der Waals surface area contributed by atoms with Crippen LogP contribution in [0.2, 0.25) is 0 Å². The predicted molar refractivity (Wildman–Crippen MR) is 77.6 cm³/mol. The molecule has 0 spiro atoms. The number of hydrogen-bond donors (Lipinski definition) is 3. The second kappa shape index (κ2) is 5.45. The first-order chi connectivity index (χ1) is 10.1. The molecule has 0 aliphatic carbocycles. The molecule has 0 aromatic heterocycles. The maximum Gasteiger partial charge on any atom is 0.263 e. The van der Waals surface area contributed by atoms with E-state index in [1.54, 1.807) is 18.2 Å². The second-order valence-electron chi connectivity index (χ2n) is 5.02. The molecular weight excluding hydrogens is 292 g/mol. The molecule has 1 aromatic rings. The van der Waals surface area contributed by atoms with Gasteiger partial charge < -0.3 is 10.6 Å². The van der Waals surface area contributed by atoms with Crippen LogP contribution in [0.4, 0.5) is 0 Å². The van der Waals surface area contributed by atoms with Crippen LogP contribution in [0.3, 0.4) is 0 Å². The van der Waals surface area contributed by atoms with Crippen molar-refractivity contribution >= 4 is 21.8 Å². The minimum absolute atomic E-state index is 0.0946. The Morgan fingerprint density at radius 2 is 2.19 bits per heavy atom. The summed E-state index contributed by atoms with van der Waals surface area (Å²) in [6.45, 7) is 1.56. The van der Waals surface area contributed by atoms with Crippen molar-refractivity contribution in [3.63, 3.8) is 0 Å². The lowest BCUT2D eigenvalue weighted by molar-refractivity contribution is -0.120. The van der Waals surface area contributed by atoms with Gasteiger partial charge in [0.15, 0.2) is 0 Å². The minimum Gasteiger partial charge on any atom is -0.350 e. The van der Waals surface area contributed by atoms with Crippen molar-refractivity contribution in [1.82, 2.24) is 15.4 Å². The van der Waals surface area contributed by atoms with E-state index < -0.39 is 10.0 Å². The third-order valence-electron chi connectivity index (χ3n) is 3.47. The Bertz CT molecular complexity index is 693. The van der Waals surface area contributed by atoms with Crippen LogP contribution in [0, 0.1) is 0 Å². The Morgan fingerprint density at radius 1 is 1.38 bits per heavy atom. The fraction of sp³-hybridized carbons (Fsp3) is 0.385. The van der Waals surface area contributed by atoms with Crippen molar-refractivity contribution < 1.29 is 13.2 Å². The molecule has 3 rings (SSSR count). The molecule has 0 bridgehead atoms. The number of rotatable bonds is 3. The van der Waals surface area contributed by atoms with Crippen molar-refractivity contribution in [3.05, 3.63) is 29.8 Å². The van der Waals surface area contributed by atoms with E-state index in [0.717, 1.165) is 19.5 Å². The van der Waals surface area contributed by atoms with Crippen LogP contribution in [0.1, 0.15) is 12.0 Å². The lowest BCUT2D eigenvalue weighted by Gasteiger charge is -2.09. The summed E-state index contributed by atoms with van der Waals surface area (Å²) >= 11 is 0. The summed E-state index contributed by atoms with van der Waals surface area (Å²) in [4.78, 5) is 16.1. The number of nitrogens with one attached hydrogen (secondary N) is 3. The quantitative estimate of drug-likeness (QED) is 0.681. The van der Waals surface area contributed by atoms with Gasteiger partial charge in [0.05, 0.1) is 4.90 Å². The Labute approximate surface area is 122 Å². The van der Waals surface area contributed by atoms with Crippen LogP contribution >= 0.6 is 0 Å². The first-order valence-electron chi connectivity index (χ1n) is 6.73. The average molecular weight is 308 g/mol. The lowest BCUT2D eigenvalue weighted by atomic mass is 10.2. The zero-order chi connectivity index (χ0) is 14.9. The SMILES string of the molecule is O=C(CN=C1NS(=O)(=O)c2ccccc21)NC1CCNC1. The van der Waals surface area contributed by atoms with E-state index in [1.807, 2.05) is 0 Å². The standard InChI is InChI=1S/C13H16N4O3S/c18-12(16-9-5-6-14-7-9)8-15-13-10-3-1-2-4-11(10)21(19,20)17-13/h1-4,9,14H,5-8H2,(H,15,17)(H,16,18). The van der Waals surface area contributed by atoms with Crippen LogP contribution in [0.15, 0.2) is 34.2 Å². The maximum atomic E-state index is 11.9. The van der Waals surface area contributed by atoms with Crippen LogP contribution in [-0.2, 0) is 14.8 Å². The Morgan fingerprint density at radius 3 is 2.95 bits per heavy atom. The van der Waals surface area contributed by atoms with Gasteiger partial charge in [0.25, 0.3) is 10.0 Å². The van der Waals surface area contributed by atoms with E-state index in [0.29, 0.717) is 5.56 Å². The summed E-state index contributed by atoms with van der Waals surface area (Å²) in [5, 5.41) is 6.02. The molecule has 0 radical (unpaired) electrons. The first kappa shape index (κ1) is 14.0. The van der Waals surface area contributed by atoms with Gasteiger partial charge in [-0.3, -0.25) is 14.5 Å². The number of amides is 1. The third kappa shape index (κ3) is 2.91. The summed E-state index contributed by atoms with van der Waals surface area (Å²) in [7, 11) is -3.55. The largest absolute Gasteiger partial charge is 0.350 e. The van der Waals surface area contributed by atoms with Crippen molar-refractivity contribution in [1.29, 1.82) is 0 Å². The van der Waals surface area contributed by atoms with Gasteiger partial charge in [-0.1, -0.05) is 12.1 Å². The molecule has 1 fully saturated rings. The number of fused-ring (bicyclic) bond motifs is 1. The van der Waals surface area contributed by atoms with Gasteiger partial charge in [-0.25, -0.2) is 8.42 Å². The van der Waals surface area contributed by atoms with Gasteiger partial charge in [-0.15, -0.1) is 0 Å². The molecule has 0 saturated carbocycles. The summed E-state index contributed by atoms with van der Waals surface area (Å²) in [5.74, 6) is 0.0186. The fourth-order valence-corrected chi connectivity index (χ4v) is 3.70. The summed E-state index contributed by atoms with van der Waals surface area (Å²) in [5.41, 5.74) is 0.507. The molecule has 7 nitrogen and oxygen atoms in total. The number of carbonyl (C=O) groups excluding carboxylic acids is 1. The molecule has 1 amide bonds. The molecular formula is C13H16N4O3S. The molecule has 2 aliphatic rings. The van der Waals surface area contributed by atoms with E-state index >= 15 is 0 Å². The molecule has 21 heavy (non-hydrogen) atoms. The van der Waals surface area contributed by atoms with E-state index in [9.17, 15) is 13.2 Å². The fourth-order valence-electron chi connectivity index (χ4n) is 2.45. The highest BCUT2D eigenvalue weighted by molar-refractivity contribution is 7.90. The second-order valence-corrected chi connectivity index (χ2v) is 6.67. The van der Waals surface area contributed by atoms with Gasteiger partial charge in [0.1, 0.15) is 12.4 Å². The van der Waals surface area contributed by atoms with Crippen molar-refractivity contribution in [2.24, 2.45) is 4.99 Å². The molecule has 2 aliphatic heterocycles. The van der Waals surface area contributed by atoms with Crippen LogP contribution in [-0.4, -0.2) is 45.8 Å². The molecule has 1 aromatic carbocycles. The first-order valence-corrected chi connectivity index (χ1v) is 8.21. The van der Waals surface area contributed by atoms with Gasteiger partial charge in [-0.2, -0.15) is 0 Å². The minimum atomic E-state index is -3.55. The smallest absolute Gasteiger partial charge is 0.263 e. The molecule has 8 heteroatoms. The maximum absolute atomic E-state index is 11.9. The Balaban J connectivity index is 1.71. The zero-order valence-electron chi connectivity index (χ0n) is 11.3. The highest BCUT2D eigenvalue weighted by atomic mass is 32.2. The van der Waals surface area contributed by atoms with Crippen molar-refractivity contribution in [2.45, 2.75) is 17.4 Å². The molecule has 1 unspecified atom stereocenters. The van der Waals surface area contributed by atoms with Gasteiger partial charge in [0, 0.05) is 18.2 Å². The summed E-state index contributed by atoms with van der Waals surface area (Å²) in [6.07, 6.45) is 0.901. The number of carbonyl (C=O) groups is 1.